The van der Waals surface area contributed by atoms with E-state index >= 15 is 0 Å². The number of nitrogens with zero attached hydrogens (tertiary/aromatic N) is 1. The maximum absolute atomic E-state index is 14.0. The summed E-state index contributed by atoms with van der Waals surface area (Å²) in [5.74, 6) is -3.52. The molecule has 52 heavy (non-hydrogen) atoms. The van der Waals surface area contributed by atoms with Crippen molar-refractivity contribution < 1.29 is 63.2 Å². The number of hydrogen-bond donors (Lipinski definition) is 4. The maximum atomic E-state index is 14.0. The van der Waals surface area contributed by atoms with Crippen molar-refractivity contribution in [2.24, 2.45) is 17.8 Å². The lowest BCUT2D eigenvalue weighted by molar-refractivity contribution is -0.331. The van der Waals surface area contributed by atoms with Crippen LogP contribution in [0.5, 0.6) is 0 Å². The van der Waals surface area contributed by atoms with E-state index in [1.54, 1.807) is 48.5 Å². The number of rotatable bonds is 8. The van der Waals surface area contributed by atoms with Crippen molar-refractivity contribution in [1.29, 1.82) is 0 Å². The average molecular weight is 748 g/mol. The first-order valence-electron chi connectivity index (χ1n) is 18.8. The van der Waals surface area contributed by atoms with Crippen LogP contribution < -0.4 is 0 Å². The summed E-state index contributed by atoms with van der Waals surface area (Å²) in [5.41, 5.74) is -5.72. The van der Waals surface area contributed by atoms with Crippen LogP contribution in [0, 0.1) is 17.8 Å². The van der Waals surface area contributed by atoms with Crippen LogP contribution in [-0.4, -0.2) is 149 Å². The highest BCUT2D eigenvalue weighted by Gasteiger charge is 2.55. The van der Waals surface area contributed by atoms with Gasteiger partial charge in [-0.3, -0.25) is 9.59 Å². The van der Waals surface area contributed by atoms with Gasteiger partial charge >= 0.3 is 5.97 Å². The molecule has 3 aliphatic rings. The first-order chi connectivity index (χ1) is 23.9. The van der Waals surface area contributed by atoms with Crippen molar-refractivity contribution in [1.82, 2.24) is 4.90 Å². The number of esters is 1. The zero-order valence-corrected chi connectivity index (χ0v) is 34.0. The van der Waals surface area contributed by atoms with E-state index in [1.165, 1.54) is 21.1 Å². The van der Waals surface area contributed by atoms with Gasteiger partial charge in [0.2, 0.25) is 0 Å². The third kappa shape index (κ3) is 9.38. The van der Waals surface area contributed by atoms with Crippen molar-refractivity contribution in [2.75, 3.05) is 28.3 Å². The summed E-state index contributed by atoms with van der Waals surface area (Å²) in [6.07, 6.45) is -8.14. The monoisotopic (exact) mass is 747 g/mol. The molecule has 0 aromatic heterocycles. The molecule has 0 aromatic carbocycles. The highest BCUT2D eigenvalue weighted by molar-refractivity contribution is 5.83. The Labute approximate surface area is 310 Å². The molecule has 3 rings (SSSR count). The first kappa shape index (κ1) is 45.1. The van der Waals surface area contributed by atoms with Crippen LogP contribution in [0.2, 0.25) is 0 Å². The van der Waals surface area contributed by atoms with Gasteiger partial charge in [-0.2, -0.15) is 0 Å². The molecule has 3 aliphatic heterocycles. The molecule has 0 bridgehead atoms. The maximum Gasteiger partial charge on any atom is 0.309 e. The topological polar surface area (TPSA) is 183 Å². The summed E-state index contributed by atoms with van der Waals surface area (Å²) in [4.78, 5) is 30.0. The summed E-state index contributed by atoms with van der Waals surface area (Å²) in [6, 6.07) is -0.286. The Kier molecular flexibility index (Phi) is 14.9. The van der Waals surface area contributed by atoms with Gasteiger partial charge < -0.3 is 58.5 Å². The molecule has 0 aliphatic carbocycles. The second kappa shape index (κ2) is 17.2. The van der Waals surface area contributed by atoms with Crippen molar-refractivity contribution in [3.05, 3.63) is 0 Å². The molecular formula is C38H69NO13. The molecule has 0 saturated carbocycles. The predicted octanol–water partition coefficient (Wildman–Crippen LogP) is 2.58. The lowest BCUT2D eigenvalue weighted by Crippen LogP contribution is -2.62. The lowest BCUT2D eigenvalue weighted by atomic mass is 9.72. The quantitative estimate of drug-likeness (QED) is 0.266. The van der Waals surface area contributed by atoms with E-state index in [2.05, 4.69) is 0 Å². The molecule has 0 spiro atoms. The molecule has 0 aromatic rings. The van der Waals surface area contributed by atoms with Gasteiger partial charge in [0.05, 0.1) is 47.6 Å². The summed E-state index contributed by atoms with van der Waals surface area (Å²) in [5, 5.41) is 45.5. The van der Waals surface area contributed by atoms with Gasteiger partial charge in [0, 0.05) is 44.4 Å². The Bertz CT molecular complexity index is 1200. The first-order valence-corrected chi connectivity index (χ1v) is 18.8. The molecule has 4 N–H and O–H groups in total. The fraction of sp³-hybridized carbons (Fsp3) is 0.947. The summed E-state index contributed by atoms with van der Waals surface area (Å²) in [6.45, 7) is 17.1. The van der Waals surface area contributed by atoms with Crippen LogP contribution in [0.3, 0.4) is 0 Å². The lowest BCUT2D eigenvalue weighted by Gasteiger charge is -2.52. The third-order valence-electron chi connectivity index (χ3n) is 12.4. The van der Waals surface area contributed by atoms with E-state index < -0.39 is 95.3 Å². The van der Waals surface area contributed by atoms with Gasteiger partial charge in [0.15, 0.2) is 12.6 Å². The smallest absolute Gasteiger partial charge is 0.309 e. The van der Waals surface area contributed by atoms with Crippen LogP contribution >= 0.6 is 0 Å². The van der Waals surface area contributed by atoms with Gasteiger partial charge in [0.25, 0.3) is 0 Å². The number of ether oxygens (including phenoxy) is 7. The van der Waals surface area contributed by atoms with Gasteiger partial charge in [-0.15, -0.1) is 0 Å². The van der Waals surface area contributed by atoms with Crippen LogP contribution in [-0.2, 0) is 42.7 Å². The number of carbonyl (C=O) groups is 2. The van der Waals surface area contributed by atoms with E-state index in [4.69, 9.17) is 33.2 Å². The molecule has 14 nitrogen and oxygen atoms in total. The predicted molar refractivity (Wildman–Crippen MR) is 191 cm³/mol. The molecule has 0 radical (unpaired) electrons. The minimum absolute atomic E-state index is 0.106. The number of methoxy groups -OCH3 is 2. The van der Waals surface area contributed by atoms with Gasteiger partial charge in [-0.05, 0) is 74.9 Å². The molecule has 304 valence electrons. The molecule has 3 heterocycles. The zero-order chi connectivity index (χ0) is 39.7. The van der Waals surface area contributed by atoms with Crippen molar-refractivity contribution >= 4 is 11.8 Å². The number of Topliss-reactive ketones (excluding diaryl/α,β-unsaturated/α-hetero) is 1. The second-order valence-corrected chi connectivity index (χ2v) is 16.8. The van der Waals surface area contributed by atoms with Gasteiger partial charge in [0.1, 0.15) is 29.7 Å². The van der Waals surface area contributed by atoms with Crippen LogP contribution in [0.1, 0.15) is 101 Å². The summed E-state index contributed by atoms with van der Waals surface area (Å²) in [7, 11) is 6.76. The van der Waals surface area contributed by atoms with Gasteiger partial charge in [-0.25, -0.2) is 0 Å². The minimum Gasteiger partial charge on any atom is -0.459 e. The molecule has 17 atom stereocenters. The number of hydrogen-bond acceptors (Lipinski definition) is 14. The van der Waals surface area contributed by atoms with E-state index in [0.717, 1.165) is 0 Å². The molecule has 3 fully saturated rings. The Morgan fingerprint density at radius 3 is 2.00 bits per heavy atom. The highest BCUT2D eigenvalue weighted by Crippen LogP contribution is 2.44. The van der Waals surface area contributed by atoms with E-state index in [0.29, 0.717) is 6.42 Å². The van der Waals surface area contributed by atoms with Crippen molar-refractivity contribution in [3.8, 4) is 0 Å². The summed E-state index contributed by atoms with van der Waals surface area (Å²) < 4.78 is 44.0. The molecular weight excluding hydrogens is 678 g/mol. The number of carbonyl (C=O) groups excluding carboxylic acids is 2. The van der Waals surface area contributed by atoms with Crippen molar-refractivity contribution in [2.45, 2.75) is 185 Å². The van der Waals surface area contributed by atoms with Crippen molar-refractivity contribution in [3.63, 3.8) is 0 Å². The molecule has 14 heteroatoms. The standard InChI is InChI=1S/C38H69NO13/c1-15-26-38(10,45)31(43)22(4)29(41)20(2)17-37(9,47-14)33(51-34-30(42)25(39(11)12)16-21(3)48-34)23(5)35(7,18-27(40)50-26)52-28-19-36(8,46-13)32(44)24(6)49-28/h20-26,28,30-34,42-45H,15-19H2,1-14H3/t20-,21+,22-,23+,24-,25-,26-,28+,30-,31-,32+,33-,34-,35-,36-,37+,38+/m0/s1. The SMILES string of the molecule is CC[C@@H]1OC(=O)C[C@](C)(O[C@@H]2C[C@](C)(OC)[C@H](O)[C@H](C)O2)[C@H](C)[C@H](O[C@@H]2O[C@H](C)C[C@H](N(C)C)[C@@H]2O)[C@](C)(OC)C[C@H](C)C(=O)[C@H](C)[C@H](O)[C@]1(C)O. The number of cyclic esters (lactones) is 1. The Balaban J connectivity index is 2.23. The van der Waals surface area contributed by atoms with E-state index in [-0.39, 0.29) is 43.6 Å². The van der Waals surface area contributed by atoms with Gasteiger partial charge in [-0.1, -0.05) is 27.7 Å². The number of aliphatic hydroxyl groups excluding tert-OH is 3. The molecule has 0 amide bonds. The molecule has 3 saturated heterocycles. The normalized spacial score (nSPS) is 49.0. The fourth-order valence-corrected chi connectivity index (χ4v) is 8.53. The van der Waals surface area contributed by atoms with Crippen LogP contribution in [0.25, 0.3) is 0 Å². The number of aliphatic hydroxyl groups is 4. The Morgan fingerprint density at radius 2 is 1.46 bits per heavy atom. The van der Waals surface area contributed by atoms with E-state index in [1.807, 2.05) is 32.8 Å². The Morgan fingerprint density at radius 1 is 0.865 bits per heavy atom. The highest BCUT2D eigenvalue weighted by atomic mass is 16.7. The van der Waals surface area contributed by atoms with E-state index in [9.17, 15) is 30.0 Å². The van der Waals surface area contributed by atoms with Crippen LogP contribution in [0.4, 0.5) is 0 Å². The second-order valence-electron chi connectivity index (χ2n) is 16.8. The largest absolute Gasteiger partial charge is 0.459 e. The Hall–Kier alpha value is -1.30. The molecule has 0 unspecified atom stereocenters. The number of ketones is 1. The zero-order valence-electron chi connectivity index (χ0n) is 34.0. The summed E-state index contributed by atoms with van der Waals surface area (Å²) >= 11 is 0. The number of likely N-dealkylation sites (N-methyl/N-ethyl adjacent to an activating group) is 1. The third-order valence-corrected chi connectivity index (χ3v) is 12.4. The van der Waals surface area contributed by atoms with Crippen LogP contribution in [0.15, 0.2) is 0 Å². The fourth-order valence-electron chi connectivity index (χ4n) is 8.53. The minimum atomic E-state index is -1.96. The average Bonchev–Trinajstić information content (AvgIpc) is 3.07.